The summed E-state index contributed by atoms with van der Waals surface area (Å²) in [5.74, 6) is -0.784. The Morgan fingerprint density at radius 1 is 0.364 bits per heavy atom. The Morgan fingerprint density at radius 3 is 0.977 bits per heavy atom. The maximum Gasteiger partial charge on any atom is 0.472 e. The average Bonchev–Trinajstić information content (AvgIpc) is 3.56. The molecule has 0 spiro atoms. The van der Waals surface area contributed by atoms with Crippen molar-refractivity contribution in [3.8, 4) is 0 Å². The highest BCUT2D eigenvalue weighted by molar-refractivity contribution is 7.47. The Hall–Kier alpha value is -2.81. The summed E-state index contributed by atoms with van der Waals surface area (Å²) in [6.07, 6.45) is 94.2. The van der Waals surface area contributed by atoms with E-state index in [0.717, 1.165) is 77.0 Å². The summed E-state index contributed by atoms with van der Waals surface area (Å²) >= 11 is 0. The number of unbranched alkanes of at least 4 members (excludes halogenated alkanes) is 41. The molecule has 0 fully saturated rings. The van der Waals surface area contributed by atoms with Crippen LogP contribution in [0.3, 0.4) is 0 Å². The SMILES string of the molecule is CC/C=C\C/C=C\C/C=C\C/C=C\C/C=C\C/C=C\CCCCCCCCCCCCCCCCC(=O)OC(COC(=O)CCCCCCCCCCCCCCCCCCCCC/C=C\CCCCCCCCCC)COP(=O)(O)OCC[N+](C)(C)C. The van der Waals surface area contributed by atoms with Crippen molar-refractivity contribution in [2.45, 2.75) is 354 Å². The van der Waals surface area contributed by atoms with Crippen LogP contribution < -0.4 is 0 Å². The number of hydrogen-bond donors (Lipinski definition) is 1. The van der Waals surface area contributed by atoms with E-state index in [1.165, 1.54) is 238 Å². The Morgan fingerprint density at radius 2 is 0.648 bits per heavy atom. The lowest BCUT2D eigenvalue weighted by Gasteiger charge is -2.24. The van der Waals surface area contributed by atoms with E-state index in [9.17, 15) is 19.0 Å². The molecule has 0 radical (unpaired) electrons. The van der Waals surface area contributed by atoms with Crippen LogP contribution in [0.4, 0.5) is 0 Å². The molecular formula is C78H143NO8P+. The maximum absolute atomic E-state index is 12.9. The van der Waals surface area contributed by atoms with Gasteiger partial charge in [0.15, 0.2) is 6.10 Å². The molecule has 0 rings (SSSR count). The zero-order valence-electron chi connectivity index (χ0n) is 58.5. The first-order valence-electron chi connectivity index (χ1n) is 37.3. The summed E-state index contributed by atoms with van der Waals surface area (Å²) in [7, 11) is 1.49. The molecule has 2 atom stereocenters. The van der Waals surface area contributed by atoms with Crippen LogP contribution in [0.5, 0.6) is 0 Å². The normalized spacial score (nSPS) is 13.6. The van der Waals surface area contributed by atoms with Crippen LogP contribution >= 0.6 is 7.82 Å². The van der Waals surface area contributed by atoms with Crippen molar-refractivity contribution < 1.29 is 42.1 Å². The second-order valence-electron chi connectivity index (χ2n) is 26.3. The molecule has 0 aromatic heterocycles. The molecule has 9 nitrogen and oxygen atoms in total. The predicted octanol–water partition coefficient (Wildman–Crippen LogP) is 24.5. The highest BCUT2D eigenvalue weighted by Gasteiger charge is 2.27. The molecule has 10 heteroatoms. The van der Waals surface area contributed by atoms with Gasteiger partial charge in [-0.25, -0.2) is 4.57 Å². The molecule has 0 aromatic rings. The van der Waals surface area contributed by atoms with Crippen molar-refractivity contribution >= 4 is 19.8 Å². The standard InChI is InChI=1S/C78H142NO8P/c1-6-8-10-12-14-16-18-20-22-24-26-28-30-32-34-36-38-39-41-43-45-47-49-51-53-55-57-59-61-63-65-67-69-71-78(81)87-76(75-86-88(82,83)85-73-72-79(3,4)5)74-84-77(80)70-68-66-64-62-60-58-56-54-52-50-48-46-44-42-40-37-35-33-31-29-27-25-23-21-19-17-15-13-11-9-7-2/h8,10,14,16,20,22,25-28,32,34,38-39,76H,6-7,9,11-13,15,17-19,21,23-24,29-31,33,35-37,40-75H2,1-5H3/p+1/b10-8-,16-14-,22-20-,27-25-,28-26-,34-32-,39-38-. The fourth-order valence-corrected chi connectivity index (χ4v) is 11.5. The highest BCUT2D eigenvalue weighted by Crippen LogP contribution is 2.43. The molecule has 0 heterocycles. The van der Waals surface area contributed by atoms with Gasteiger partial charge < -0.3 is 18.9 Å². The molecule has 0 aliphatic carbocycles. The van der Waals surface area contributed by atoms with Crippen molar-refractivity contribution in [2.75, 3.05) is 47.5 Å². The van der Waals surface area contributed by atoms with Crippen LogP contribution in [-0.4, -0.2) is 74.9 Å². The first kappa shape index (κ1) is 85.2. The van der Waals surface area contributed by atoms with Crippen molar-refractivity contribution in [2.24, 2.45) is 0 Å². The first-order valence-corrected chi connectivity index (χ1v) is 38.8. The lowest BCUT2D eigenvalue weighted by Crippen LogP contribution is -2.37. The Kier molecular flexibility index (Phi) is 66.4. The van der Waals surface area contributed by atoms with E-state index < -0.39 is 26.5 Å². The molecule has 0 bridgehead atoms. The first-order chi connectivity index (χ1) is 43.0. The highest BCUT2D eigenvalue weighted by atomic mass is 31.2. The van der Waals surface area contributed by atoms with Crippen molar-refractivity contribution in [3.63, 3.8) is 0 Å². The zero-order valence-corrected chi connectivity index (χ0v) is 59.4. The van der Waals surface area contributed by atoms with E-state index in [1.54, 1.807) is 0 Å². The van der Waals surface area contributed by atoms with Crippen molar-refractivity contribution in [1.29, 1.82) is 0 Å². The van der Waals surface area contributed by atoms with E-state index in [1.807, 2.05) is 21.1 Å². The van der Waals surface area contributed by atoms with Crippen LogP contribution in [0.1, 0.15) is 348 Å². The maximum atomic E-state index is 12.9. The quantitative estimate of drug-likeness (QED) is 0.0211. The average molecular weight is 1250 g/mol. The Balaban J connectivity index is 4.00. The minimum Gasteiger partial charge on any atom is -0.462 e. The topological polar surface area (TPSA) is 108 Å². The monoisotopic (exact) mass is 1250 g/mol. The summed E-state index contributed by atoms with van der Waals surface area (Å²) in [6, 6.07) is 0. The van der Waals surface area contributed by atoms with Crippen molar-refractivity contribution in [1.82, 2.24) is 0 Å². The van der Waals surface area contributed by atoms with Gasteiger partial charge in [0.1, 0.15) is 19.8 Å². The molecule has 2 unspecified atom stereocenters. The summed E-state index contributed by atoms with van der Waals surface area (Å²) in [4.78, 5) is 35.9. The summed E-state index contributed by atoms with van der Waals surface area (Å²) in [6.45, 7) is 4.37. The second kappa shape index (κ2) is 68.6. The number of nitrogens with zero attached hydrogens (tertiary/aromatic N) is 1. The van der Waals surface area contributed by atoms with E-state index in [2.05, 4.69) is 98.9 Å². The number of hydrogen-bond acceptors (Lipinski definition) is 7. The van der Waals surface area contributed by atoms with Crippen LogP contribution in [0.25, 0.3) is 0 Å². The Labute approximate surface area is 545 Å². The minimum absolute atomic E-state index is 0.0309. The van der Waals surface area contributed by atoms with Crippen LogP contribution in [0.2, 0.25) is 0 Å². The summed E-state index contributed by atoms with van der Waals surface area (Å²) in [5, 5.41) is 0. The largest absolute Gasteiger partial charge is 0.472 e. The van der Waals surface area contributed by atoms with Gasteiger partial charge in [-0.05, 0) is 89.9 Å². The number of rotatable bonds is 69. The second-order valence-corrected chi connectivity index (χ2v) is 27.8. The Bertz CT molecular complexity index is 1760. The fourth-order valence-electron chi connectivity index (χ4n) is 10.7. The van der Waals surface area contributed by atoms with E-state index in [-0.39, 0.29) is 25.6 Å². The third-order valence-electron chi connectivity index (χ3n) is 16.4. The fraction of sp³-hybridized carbons (Fsp3) is 0.795. The number of phosphoric acid groups is 1. The van der Waals surface area contributed by atoms with Crippen LogP contribution in [-0.2, 0) is 32.7 Å². The van der Waals surface area contributed by atoms with Gasteiger partial charge in [0.25, 0.3) is 0 Å². The van der Waals surface area contributed by atoms with Gasteiger partial charge in [-0.3, -0.25) is 18.6 Å². The lowest BCUT2D eigenvalue weighted by molar-refractivity contribution is -0.870. The third-order valence-corrected chi connectivity index (χ3v) is 17.4. The van der Waals surface area contributed by atoms with E-state index in [4.69, 9.17) is 18.5 Å². The molecule has 0 saturated carbocycles. The minimum atomic E-state index is -4.40. The van der Waals surface area contributed by atoms with Gasteiger partial charge in [0.2, 0.25) is 0 Å². The molecule has 1 N–H and O–H groups in total. The van der Waals surface area contributed by atoms with Gasteiger partial charge >= 0.3 is 19.8 Å². The smallest absolute Gasteiger partial charge is 0.462 e. The van der Waals surface area contributed by atoms with Crippen LogP contribution in [0.15, 0.2) is 85.1 Å². The number of carbonyl (C=O) groups is 2. The van der Waals surface area contributed by atoms with Crippen molar-refractivity contribution in [3.05, 3.63) is 85.1 Å². The molecule has 88 heavy (non-hydrogen) atoms. The van der Waals surface area contributed by atoms with Crippen LogP contribution in [0, 0.1) is 0 Å². The van der Waals surface area contributed by atoms with E-state index in [0.29, 0.717) is 23.9 Å². The molecule has 0 amide bonds. The van der Waals surface area contributed by atoms with Gasteiger partial charge in [-0.2, -0.15) is 0 Å². The van der Waals surface area contributed by atoms with Gasteiger partial charge in [0.05, 0.1) is 27.7 Å². The van der Waals surface area contributed by atoms with Gasteiger partial charge in [-0.1, -0.05) is 330 Å². The number of phosphoric ester groups is 1. The predicted molar refractivity (Wildman–Crippen MR) is 381 cm³/mol. The number of carbonyl (C=O) groups excluding carboxylic acids is 2. The molecule has 0 saturated heterocycles. The van der Waals surface area contributed by atoms with Gasteiger partial charge in [-0.15, -0.1) is 0 Å². The molecule has 0 aliphatic rings. The molecule has 0 aromatic carbocycles. The summed E-state index contributed by atoms with van der Waals surface area (Å²) in [5.41, 5.74) is 0. The number of quaternary nitrogens is 1. The molecule has 0 aliphatic heterocycles. The zero-order chi connectivity index (χ0) is 64.1. The summed E-state index contributed by atoms with van der Waals surface area (Å²) < 4.78 is 34.8. The number of likely N-dealkylation sites (N-methyl/N-ethyl adjacent to an activating group) is 1. The molecule has 512 valence electrons. The number of esters is 2. The number of ether oxygens (including phenoxy) is 2. The van der Waals surface area contributed by atoms with Gasteiger partial charge in [0, 0.05) is 12.8 Å². The molecular weight excluding hydrogens is 1110 g/mol. The number of allylic oxidation sites excluding steroid dienone is 14. The third kappa shape index (κ3) is 72.3. The lowest BCUT2D eigenvalue weighted by atomic mass is 10.0. The van der Waals surface area contributed by atoms with E-state index >= 15 is 0 Å².